The maximum Gasteiger partial charge on any atom is 0.0738 e. The molecule has 0 aliphatic heterocycles. The lowest BCUT2D eigenvalue weighted by Crippen LogP contribution is -2.26. The molecule has 0 radical (unpaired) electrons. The Morgan fingerprint density at radius 2 is 1.61 bits per heavy atom. The summed E-state index contributed by atoms with van der Waals surface area (Å²) in [7, 11) is 0. The van der Waals surface area contributed by atoms with Crippen molar-refractivity contribution in [2.75, 3.05) is 0 Å². The highest BCUT2D eigenvalue weighted by Gasteiger charge is 2.33. The van der Waals surface area contributed by atoms with Gasteiger partial charge in [0.1, 0.15) is 0 Å². The highest BCUT2D eigenvalue weighted by atomic mass is 14.8. The molecule has 18 heavy (non-hydrogen) atoms. The highest BCUT2D eigenvalue weighted by molar-refractivity contribution is 5.43. The average Bonchev–Trinajstić information content (AvgIpc) is 3.12. The molecule has 0 saturated heterocycles. The second kappa shape index (κ2) is 4.18. The summed E-state index contributed by atoms with van der Waals surface area (Å²) in [4.78, 5) is 10.9. The molecule has 0 bridgehead atoms. The van der Waals surface area contributed by atoms with Crippen LogP contribution in [-0.2, 0) is 5.41 Å². The number of hydrogen-bond donors (Lipinski definition) is 2. The number of aromatic nitrogens is 3. The van der Waals surface area contributed by atoms with Gasteiger partial charge in [0.05, 0.1) is 5.41 Å². The number of hydrogen-bond acceptors (Lipinski definition) is 1. The first-order valence-corrected chi connectivity index (χ1v) is 6.00. The van der Waals surface area contributed by atoms with Gasteiger partial charge in [0.25, 0.3) is 0 Å². The zero-order valence-electron chi connectivity index (χ0n) is 10.2. The van der Waals surface area contributed by atoms with Crippen LogP contribution < -0.4 is 0 Å². The quantitative estimate of drug-likeness (QED) is 0.722. The number of nitrogens with zero attached hydrogens (tertiary/aromatic N) is 1. The van der Waals surface area contributed by atoms with Crippen molar-refractivity contribution in [2.24, 2.45) is 0 Å². The minimum absolute atomic E-state index is 0.235. The van der Waals surface area contributed by atoms with E-state index in [1.165, 1.54) is 0 Å². The van der Waals surface area contributed by atoms with E-state index in [0.717, 1.165) is 17.0 Å². The highest BCUT2D eigenvalue weighted by Crippen LogP contribution is 2.36. The summed E-state index contributed by atoms with van der Waals surface area (Å²) in [6.07, 6.45) is 7.62. The van der Waals surface area contributed by atoms with Crippen LogP contribution >= 0.6 is 0 Å². The van der Waals surface area contributed by atoms with Crippen molar-refractivity contribution in [3.05, 3.63) is 78.1 Å². The number of nitrogens with one attached hydrogen (secondary N) is 2. The molecule has 3 rings (SSSR count). The Bertz CT molecular complexity index is 560. The summed E-state index contributed by atoms with van der Waals surface area (Å²) in [6, 6.07) is 12.3. The second-order valence-electron chi connectivity index (χ2n) is 4.53. The average molecular weight is 237 g/mol. The lowest BCUT2D eigenvalue weighted by molar-refractivity contribution is 0.647. The first kappa shape index (κ1) is 10.8. The topological polar surface area (TPSA) is 44.5 Å². The van der Waals surface area contributed by atoms with Gasteiger partial charge in [0.15, 0.2) is 0 Å². The van der Waals surface area contributed by atoms with Gasteiger partial charge in [0, 0.05) is 36.2 Å². The first-order valence-electron chi connectivity index (χ1n) is 6.00. The van der Waals surface area contributed by atoms with E-state index in [0.29, 0.717) is 0 Å². The number of aromatic amines is 2. The standard InChI is InChI=1S/C15H15N3/c1-15(13-6-3-9-17-13,14-7-4-10-18-14)12-5-2-8-16-11-12/h2-11,17-18H,1H3. The maximum atomic E-state index is 4.24. The third-order valence-electron chi connectivity index (χ3n) is 3.51. The van der Waals surface area contributed by atoms with Crippen LogP contribution in [0.2, 0.25) is 0 Å². The van der Waals surface area contributed by atoms with Crippen molar-refractivity contribution in [3.63, 3.8) is 0 Å². The van der Waals surface area contributed by atoms with Crippen LogP contribution in [0.15, 0.2) is 61.2 Å². The van der Waals surface area contributed by atoms with E-state index in [1.807, 2.05) is 36.8 Å². The van der Waals surface area contributed by atoms with Gasteiger partial charge >= 0.3 is 0 Å². The Balaban J connectivity index is 2.22. The smallest absolute Gasteiger partial charge is 0.0738 e. The molecular formula is C15H15N3. The molecule has 0 amide bonds. The lowest BCUT2D eigenvalue weighted by atomic mass is 9.77. The molecule has 3 aromatic heterocycles. The Kier molecular flexibility index (Phi) is 2.52. The zero-order chi connectivity index (χ0) is 12.4. The van der Waals surface area contributed by atoms with Crippen molar-refractivity contribution >= 4 is 0 Å². The summed E-state index contributed by atoms with van der Waals surface area (Å²) in [5, 5.41) is 0. The summed E-state index contributed by atoms with van der Waals surface area (Å²) >= 11 is 0. The van der Waals surface area contributed by atoms with Crippen molar-refractivity contribution in [1.29, 1.82) is 0 Å². The largest absolute Gasteiger partial charge is 0.364 e. The van der Waals surface area contributed by atoms with Gasteiger partial charge < -0.3 is 9.97 Å². The van der Waals surface area contributed by atoms with Crippen molar-refractivity contribution in [1.82, 2.24) is 15.0 Å². The predicted molar refractivity (Wildman–Crippen MR) is 71.4 cm³/mol. The van der Waals surface area contributed by atoms with Crippen molar-refractivity contribution in [2.45, 2.75) is 12.3 Å². The molecule has 2 N–H and O–H groups in total. The molecule has 3 heterocycles. The zero-order valence-corrected chi connectivity index (χ0v) is 10.2. The van der Waals surface area contributed by atoms with Gasteiger partial charge in [0.2, 0.25) is 0 Å². The van der Waals surface area contributed by atoms with Crippen LogP contribution in [-0.4, -0.2) is 15.0 Å². The first-order chi connectivity index (χ1) is 8.82. The minimum atomic E-state index is -0.235. The molecule has 0 aliphatic rings. The SMILES string of the molecule is CC(c1cccnc1)(c1ccc[nH]1)c1ccc[nH]1. The summed E-state index contributed by atoms with van der Waals surface area (Å²) in [5.41, 5.74) is 3.23. The van der Waals surface area contributed by atoms with Crippen LogP contribution in [0.1, 0.15) is 23.9 Å². The Hall–Kier alpha value is -2.29. The fraction of sp³-hybridized carbons (Fsp3) is 0.133. The Labute approximate surface area is 106 Å². The third kappa shape index (κ3) is 1.56. The van der Waals surface area contributed by atoms with E-state index in [1.54, 1.807) is 6.20 Å². The summed E-state index contributed by atoms with van der Waals surface area (Å²) < 4.78 is 0. The van der Waals surface area contributed by atoms with Gasteiger partial charge in [-0.25, -0.2) is 0 Å². The summed E-state index contributed by atoms with van der Waals surface area (Å²) in [5.74, 6) is 0. The van der Waals surface area contributed by atoms with Crippen LogP contribution in [0.4, 0.5) is 0 Å². The van der Waals surface area contributed by atoms with Gasteiger partial charge in [-0.2, -0.15) is 0 Å². The van der Waals surface area contributed by atoms with E-state index in [-0.39, 0.29) is 5.41 Å². The molecule has 0 spiro atoms. The lowest BCUT2D eigenvalue weighted by Gasteiger charge is -2.28. The minimum Gasteiger partial charge on any atom is -0.364 e. The molecule has 3 heteroatoms. The number of pyridine rings is 1. The Morgan fingerprint density at radius 1 is 0.944 bits per heavy atom. The molecule has 3 nitrogen and oxygen atoms in total. The Morgan fingerprint density at radius 3 is 2.06 bits per heavy atom. The van der Waals surface area contributed by atoms with E-state index < -0.39 is 0 Å². The number of H-pyrrole nitrogens is 2. The van der Waals surface area contributed by atoms with Crippen LogP contribution in [0, 0.1) is 0 Å². The molecule has 0 saturated carbocycles. The maximum absolute atomic E-state index is 4.24. The van der Waals surface area contributed by atoms with E-state index in [2.05, 4.69) is 40.1 Å². The molecule has 0 fully saturated rings. The van der Waals surface area contributed by atoms with Crippen molar-refractivity contribution in [3.8, 4) is 0 Å². The predicted octanol–water partition coefficient (Wildman–Crippen LogP) is 3.09. The molecule has 0 aliphatic carbocycles. The van der Waals surface area contributed by atoms with Crippen molar-refractivity contribution < 1.29 is 0 Å². The molecule has 0 atom stereocenters. The van der Waals surface area contributed by atoms with Crippen LogP contribution in [0.25, 0.3) is 0 Å². The van der Waals surface area contributed by atoms with Gasteiger partial charge in [-0.1, -0.05) is 6.07 Å². The van der Waals surface area contributed by atoms with Crippen LogP contribution in [0.3, 0.4) is 0 Å². The normalized spacial score (nSPS) is 11.6. The molecular weight excluding hydrogens is 222 g/mol. The summed E-state index contributed by atoms with van der Waals surface area (Å²) in [6.45, 7) is 2.20. The fourth-order valence-electron chi connectivity index (χ4n) is 2.40. The monoisotopic (exact) mass is 237 g/mol. The fourth-order valence-corrected chi connectivity index (χ4v) is 2.40. The van der Waals surface area contributed by atoms with E-state index >= 15 is 0 Å². The van der Waals surface area contributed by atoms with E-state index in [4.69, 9.17) is 0 Å². The van der Waals surface area contributed by atoms with Gasteiger partial charge in [-0.3, -0.25) is 4.98 Å². The third-order valence-corrected chi connectivity index (χ3v) is 3.51. The van der Waals surface area contributed by atoms with Crippen LogP contribution in [0.5, 0.6) is 0 Å². The molecule has 3 aromatic rings. The number of rotatable bonds is 3. The second-order valence-corrected chi connectivity index (χ2v) is 4.53. The molecule has 90 valence electrons. The van der Waals surface area contributed by atoms with E-state index in [9.17, 15) is 0 Å². The molecule has 0 unspecified atom stereocenters. The van der Waals surface area contributed by atoms with Gasteiger partial charge in [-0.05, 0) is 42.8 Å². The van der Waals surface area contributed by atoms with Gasteiger partial charge in [-0.15, -0.1) is 0 Å². The molecule has 0 aromatic carbocycles.